The van der Waals surface area contributed by atoms with Crippen molar-refractivity contribution >= 4 is 15.5 Å². The molecule has 210 valence electrons. The summed E-state index contributed by atoms with van der Waals surface area (Å²) in [5, 5.41) is 5.75. The first-order valence-corrected chi connectivity index (χ1v) is 16.0. The fourth-order valence-electron chi connectivity index (χ4n) is 3.58. The zero-order chi connectivity index (χ0) is 27.9. The topological polar surface area (TPSA) is 95.1 Å². The van der Waals surface area contributed by atoms with Crippen LogP contribution in [0.15, 0.2) is 121 Å². The Morgan fingerprint density at radius 3 is 0.850 bits per heavy atom. The molecule has 0 aliphatic rings. The first kappa shape index (κ1) is 30.1. The Bertz CT molecular complexity index is 1160. The van der Waals surface area contributed by atoms with E-state index in [4.69, 9.17) is 18.1 Å². The summed E-state index contributed by atoms with van der Waals surface area (Å²) in [6.07, 6.45) is 0. The average molecular weight is 581 g/mol. The van der Waals surface area contributed by atoms with Gasteiger partial charge in [0.25, 0.3) is 0 Å². The van der Waals surface area contributed by atoms with Crippen molar-refractivity contribution in [2.24, 2.45) is 0 Å². The van der Waals surface area contributed by atoms with Crippen molar-refractivity contribution in [3.05, 3.63) is 144 Å². The molecule has 0 bridgehead atoms. The summed E-state index contributed by atoms with van der Waals surface area (Å²) >= 11 is 0. The molecule has 0 unspecified atom stereocenters. The SMILES string of the molecule is O=P(NCCNP(=O)(OCc1ccccc1)OCc1ccccc1)(OCc1ccccc1)OCc1ccccc1. The second kappa shape index (κ2) is 15.8. The van der Waals surface area contributed by atoms with Gasteiger partial charge < -0.3 is 0 Å². The van der Waals surface area contributed by atoms with E-state index in [2.05, 4.69) is 10.2 Å². The van der Waals surface area contributed by atoms with Crippen LogP contribution in [0.2, 0.25) is 0 Å². The van der Waals surface area contributed by atoms with E-state index in [1.165, 1.54) is 0 Å². The lowest BCUT2D eigenvalue weighted by molar-refractivity contribution is 0.178. The summed E-state index contributed by atoms with van der Waals surface area (Å²) in [5.41, 5.74) is 3.44. The molecule has 0 aliphatic heterocycles. The maximum atomic E-state index is 13.6. The Morgan fingerprint density at radius 2 is 0.625 bits per heavy atom. The highest BCUT2D eigenvalue weighted by Crippen LogP contribution is 2.47. The smallest absolute Gasteiger partial charge is 0.292 e. The molecule has 0 fully saturated rings. The highest BCUT2D eigenvalue weighted by molar-refractivity contribution is 7.52. The van der Waals surface area contributed by atoms with Gasteiger partial charge in [-0.05, 0) is 22.3 Å². The minimum absolute atomic E-state index is 0.103. The zero-order valence-corrected chi connectivity index (χ0v) is 23.9. The number of hydrogen-bond acceptors (Lipinski definition) is 6. The Morgan fingerprint density at radius 1 is 0.400 bits per heavy atom. The van der Waals surface area contributed by atoms with Crippen LogP contribution < -0.4 is 10.2 Å². The van der Waals surface area contributed by atoms with Crippen molar-refractivity contribution < 1.29 is 27.2 Å². The van der Waals surface area contributed by atoms with Crippen molar-refractivity contribution in [3.63, 3.8) is 0 Å². The maximum absolute atomic E-state index is 13.6. The second-order valence-electron chi connectivity index (χ2n) is 8.85. The minimum Gasteiger partial charge on any atom is -0.292 e. The summed E-state index contributed by atoms with van der Waals surface area (Å²) in [6.45, 7) is 0.652. The average Bonchev–Trinajstić information content (AvgIpc) is 3.02. The lowest BCUT2D eigenvalue weighted by Crippen LogP contribution is -2.26. The fourth-order valence-corrected chi connectivity index (χ4v) is 6.14. The largest absolute Gasteiger partial charge is 0.406 e. The normalized spacial score (nSPS) is 11.9. The van der Waals surface area contributed by atoms with E-state index in [0.29, 0.717) is 0 Å². The van der Waals surface area contributed by atoms with Gasteiger partial charge in [0.15, 0.2) is 0 Å². The molecule has 4 rings (SSSR count). The molecule has 8 nitrogen and oxygen atoms in total. The molecule has 2 N–H and O–H groups in total. The molecule has 0 amide bonds. The van der Waals surface area contributed by atoms with Crippen LogP contribution >= 0.6 is 15.5 Å². The number of hydrogen-bond donors (Lipinski definition) is 2. The van der Waals surface area contributed by atoms with Crippen LogP contribution in [0.25, 0.3) is 0 Å². The summed E-state index contributed by atoms with van der Waals surface area (Å²) in [5.74, 6) is 0. The minimum atomic E-state index is -3.72. The molecule has 0 saturated heterocycles. The highest BCUT2D eigenvalue weighted by atomic mass is 31.2. The van der Waals surface area contributed by atoms with Gasteiger partial charge in [-0.3, -0.25) is 18.1 Å². The van der Waals surface area contributed by atoms with Crippen molar-refractivity contribution in [2.75, 3.05) is 13.1 Å². The molecule has 0 aliphatic carbocycles. The quantitative estimate of drug-likeness (QED) is 0.0997. The zero-order valence-electron chi connectivity index (χ0n) is 22.1. The predicted molar refractivity (Wildman–Crippen MR) is 156 cm³/mol. The lowest BCUT2D eigenvalue weighted by Gasteiger charge is -2.22. The third kappa shape index (κ3) is 10.6. The van der Waals surface area contributed by atoms with Gasteiger partial charge in [0.2, 0.25) is 0 Å². The van der Waals surface area contributed by atoms with Gasteiger partial charge in [-0.15, -0.1) is 0 Å². The maximum Gasteiger partial charge on any atom is 0.406 e. The predicted octanol–water partition coefficient (Wildman–Crippen LogP) is 7.25. The molecule has 0 spiro atoms. The van der Waals surface area contributed by atoms with Crippen LogP contribution in [0.1, 0.15) is 22.3 Å². The molecule has 40 heavy (non-hydrogen) atoms. The standard InChI is InChI=1S/C30H34N2O6P2/c33-39(35-23-27-13-5-1-6-14-27,36-24-28-15-7-2-8-16-28)31-21-22-32-40(34,37-25-29-17-9-3-10-18-29)38-26-30-19-11-4-12-20-30/h1-20H,21-26H2,(H,31,33)(H,32,34). The number of nitrogens with one attached hydrogen (secondary N) is 2. The molecule has 0 radical (unpaired) electrons. The van der Waals surface area contributed by atoms with Gasteiger partial charge >= 0.3 is 15.5 Å². The van der Waals surface area contributed by atoms with Crippen LogP contribution in [0.5, 0.6) is 0 Å². The van der Waals surface area contributed by atoms with Gasteiger partial charge in [-0.2, -0.15) is 0 Å². The van der Waals surface area contributed by atoms with Crippen molar-refractivity contribution in [2.45, 2.75) is 26.4 Å². The van der Waals surface area contributed by atoms with E-state index < -0.39 is 15.5 Å². The van der Waals surface area contributed by atoms with Crippen LogP contribution in [-0.2, 0) is 53.7 Å². The molecule has 0 atom stereocenters. The molecule has 0 heterocycles. The van der Waals surface area contributed by atoms with E-state index in [1.54, 1.807) is 0 Å². The van der Waals surface area contributed by atoms with E-state index in [0.717, 1.165) is 22.3 Å². The van der Waals surface area contributed by atoms with Gasteiger partial charge in [0.1, 0.15) is 0 Å². The van der Waals surface area contributed by atoms with Gasteiger partial charge in [-0.25, -0.2) is 19.3 Å². The van der Waals surface area contributed by atoms with Crippen LogP contribution in [0.4, 0.5) is 0 Å². The van der Waals surface area contributed by atoms with Gasteiger partial charge in [-0.1, -0.05) is 121 Å². The molecular formula is C30H34N2O6P2. The van der Waals surface area contributed by atoms with Crippen LogP contribution in [-0.4, -0.2) is 13.1 Å². The number of benzene rings is 4. The Balaban J connectivity index is 1.36. The monoisotopic (exact) mass is 580 g/mol. The first-order chi connectivity index (χ1) is 19.5. The molecule has 0 aromatic heterocycles. The molecular weight excluding hydrogens is 546 g/mol. The number of rotatable bonds is 17. The van der Waals surface area contributed by atoms with Gasteiger partial charge in [0.05, 0.1) is 26.4 Å². The molecule has 10 heteroatoms. The Kier molecular flexibility index (Phi) is 11.9. The van der Waals surface area contributed by atoms with Crippen molar-refractivity contribution in [1.29, 1.82) is 0 Å². The van der Waals surface area contributed by atoms with E-state index in [9.17, 15) is 9.13 Å². The summed E-state index contributed by atoms with van der Waals surface area (Å²) < 4.78 is 50.2. The first-order valence-electron chi connectivity index (χ1n) is 13.0. The van der Waals surface area contributed by atoms with Crippen molar-refractivity contribution in [1.82, 2.24) is 10.2 Å². The van der Waals surface area contributed by atoms with Crippen LogP contribution in [0.3, 0.4) is 0 Å². The third-order valence-corrected chi connectivity index (χ3v) is 8.81. The van der Waals surface area contributed by atoms with E-state index >= 15 is 0 Å². The van der Waals surface area contributed by atoms with Crippen molar-refractivity contribution in [3.8, 4) is 0 Å². The summed E-state index contributed by atoms with van der Waals surface area (Å²) in [4.78, 5) is 0. The molecule has 0 saturated carbocycles. The molecule has 4 aromatic rings. The lowest BCUT2D eigenvalue weighted by atomic mass is 10.2. The van der Waals surface area contributed by atoms with Crippen LogP contribution in [0, 0.1) is 0 Å². The summed E-state index contributed by atoms with van der Waals surface area (Å²) in [6, 6.07) is 37.7. The second-order valence-corrected chi connectivity index (χ2v) is 12.5. The Labute approximate surface area is 235 Å². The van der Waals surface area contributed by atoms with Gasteiger partial charge in [0, 0.05) is 13.1 Å². The Hall–Kier alpha value is -2.90. The highest BCUT2D eigenvalue weighted by Gasteiger charge is 2.27. The summed E-state index contributed by atoms with van der Waals surface area (Å²) in [7, 11) is -7.44. The van der Waals surface area contributed by atoms with E-state index in [1.807, 2.05) is 121 Å². The molecule has 4 aromatic carbocycles. The van der Waals surface area contributed by atoms with E-state index in [-0.39, 0.29) is 39.5 Å². The fraction of sp³-hybridized carbons (Fsp3) is 0.200. The third-order valence-electron chi connectivity index (χ3n) is 5.71.